The van der Waals surface area contributed by atoms with Crippen LogP contribution in [0.3, 0.4) is 0 Å². The minimum Gasteiger partial charge on any atom is -0.376 e. The van der Waals surface area contributed by atoms with Gasteiger partial charge in [0.25, 0.3) is 5.91 Å². The fourth-order valence-electron chi connectivity index (χ4n) is 3.46. The van der Waals surface area contributed by atoms with E-state index in [9.17, 15) is 9.18 Å². The lowest BCUT2D eigenvalue weighted by atomic mass is 10.0. The molecule has 2 aliphatic heterocycles. The smallest absolute Gasteiger partial charge is 0.257 e. The molecular weight excluding hydrogens is 387 g/mol. The Hall–Kier alpha value is -1.92. The Labute approximate surface area is 154 Å². The van der Waals surface area contributed by atoms with Gasteiger partial charge in [0, 0.05) is 28.9 Å². The lowest BCUT2D eigenvalue weighted by Crippen LogP contribution is -2.46. The molecule has 2 atom stereocenters. The largest absolute Gasteiger partial charge is 0.376 e. The average Bonchev–Trinajstić information content (AvgIpc) is 3.13. The maximum absolute atomic E-state index is 14.5. The van der Waals surface area contributed by atoms with Gasteiger partial charge >= 0.3 is 0 Å². The van der Waals surface area contributed by atoms with Gasteiger partial charge in [-0.1, -0.05) is 28.1 Å². The Balaban J connectivity index is 1.75. The first kappa shape index (κ1) is 16.5. The summed E-state index contributed by atoms with van der Waals surface area (Å²) in [5.74, 6) is -0.445. The lowest BCUT2D eigenvalue weighted by Gasteiger charge is -2.39. The summed E-state index contributed by atoms with van der Waals surface area (Å²) in [5, 5.41) is 3.32. The van der Waals surface area contributed by atoms with E-state index in [4.69, 9.17) is 4.74 Å². The summed E-state index contributed by atoms with van der Waals surface area (Å²) in [5.41, 5.74) is 1.77. The zero-order valence-corrected chi connectivity index (χ0v) is 15.1. The van der Waals surface area contributed by atoms with Gasteiger partial charge in [0.15, 0.2) is 0 Å². The van der Waals surface area contributed by atoms with Crippen molar-refractivity contribution in [3.05, 3.63) is 63.9 Å². The molecule has 0 bridgehead atoms. The van der Waals surface area contributed by atoms with Crippen molar-refractivity contribution in [2.45, 2.75) is 25.1 Å². The summed E-state index contributed by atoms with van der Waals surface area (Å²) in [6.07, 6.45) is 1.34. The second kappa shape index (κ2) is 6.77. The molecule has 0 aliphatic carbocycles. The third-order valence-electron chi connectivity index (χ3n) is 4.70. The Kier molecular flexibility index (Phi) is 4.48. The van der Waals surface area contributed by atoms with E-state index in [2.05, 4.69) is 21.2 Å². The molecule has 4 nitrogen and oxygen atoms in total. The van der Waals surface area contributed by atoms with Crippen molar-refractivity contribution < 1.29 is 13.9 Å². The van der Waals surface area contributed by atoms with Gasteiger partial charge in [-0.05, 0) is 43.2 Å². The fourth-order valence-corrected chi connectivity index (χ4v) is 3.84. The number of carbonyl (C=O) groups excluding carboxylic acids is 1. The molecule has 6 heteroatoms. The summed E-state index contributed by atoms with van der Waals surface area (Å²) < 4.78 is 21.0. The molecule has 2 heterocycles. The standard InChI is InChI=1S/C19H18BrFN2O2/c20-12-7-8-16(21)15(10-12)18-22-17-6-2-1-5-14(17)19(24)23(18)11-13-4-3-9-25-13/h1-2,5-8,10,13,18,22H,3-4,9,11H2/t13-,18-/m1/s1. The van der Waals surface area contributed by atoms with Crippen molar-refractivity contribution in [1.29, 1.82) is 0 Å². The highest BCUT2D eigenvalue weighted by molar-refractivity contribution is 9.10. The summed E-state index contributed by atoms with van der Waals surface area (Å²) >= 11 is 3.40. The number of amides is 1. The molecule has 0 radical (unpaired) electrons. The third kappa shape index (κ3) is 3.16. The van der Waals surface area contributed by atoms with Crippen LogP contribution < -0.4 is 5.32 Å². The minimum absolute atomic E-state index is 0.00581. The highest BCUT2D eigenvalue weighted by Crippen LogP contribution is 2.35. The van der Waals surface area contributed by atoms with E-state index < -0.39 is 6.17 Å². The average molecular weight is 405 g/mol. The molecule has 0 unspecified atom stereocenters. The number of nitrogens with one attached hydrogen (secondary N) is 1. The van der Waals surface area contributed by atoms with Crippen LogP contribution in [0.4, 0.5) is 10.1 Å². The van der Waals surface area contributed by atoms with Crippen LogP contribution in [-0.4, -0.2) is 30.1 Å². The summed E-state index contributed by atoms with van der Waals surface area (Å²) in [6, 6.07) is 12.1. The summed E-state index contributed by atoms with van der Waals surface area (Å²) in [7, 11) is 0. The van der Waals surface area contributed by atoms with Crippen LogP contribution in [0, 0.1) is 5.82 Å². The van der Waals surface area contributed by atoms with Crippen LogP contribution in [0.15, 0.2) is 46.9 Å². The number of carbonyl (C=O) groups is 1. The van der Waals surface area contributed by atoms with Crippen LogP contribution in [0.5, 0.6) is 0 Å². The monoisotopic (exact) mass is 404 g/mol. The SMILES string of the molecule is O=C1c2ccccc2N[C@@H](c2cc(Br)ccc2F)N1C[C@H]1CCCO1. The molecule has 2 aliphatic rings. The Morgan fingerprint density at radius 1 is 1.28 bits per heavy atom. The maximum Gasteiger partial charge on any atom is 0.257 e. The van der Waals surface area contributed by atoms with Crippen LogP contribution in [0.2, 0.25) is 0 Å². The van der Waals surface area contributed by atoms with Crippen molar-refractivity contribution in [2.24, 2.45) is 0 Å². The van der Waals surface area contributed by atoms with E-state index in [0.717, 1.165) is 23.0 Å². The van der Waals surface area contributed by atoms with Crippen LogP contribution in [0.1, 0.15) is 34.9 Å². The van der Waals surface area contributed by atoms with Crippen molar-refractivity contribution in [3.63, 3.8) is 0 Å². The molecule has 0 spiro atoms. The molecule has 0 aromatic heterocycles. The van der Waals surface area contributed by atoms with Crippen molar-refractivity contribution in [1.82, 2.24) is 4.90 Å². The fraction of sp³-hybridized carbons (Fsp3) is 0.316. The molecular formula is C19H18BrFN2O2. The van der Waals surface area contributed by atoms with Gasteiger partial charge in [0.1, 0.15) is 12.0 Å². The van der Waals surface area contributed by atoms with Gasteiger partial charge in [-0.3, -0.25) is 4.79 Å². The third-order valence-corrected chi connectivity index (χ3v) is 5.19. The van der Waals surface area contributed by atoms with Gasteiger partial charge in [-0.25, -0.2) is 4.39 Å². The number of para-hydroxylation sites is 1. The number of nitrogens with zero attached hydrogens (tertiary/aromatic N) is 1. The quantitative estimate of drug-likeness (QED) is 0.827. The van der Waals surface area contributed by atoms with Gasteiger partial charge < -0.3 is 15.0 Å². The number of rotatable bonds is 3. The van der Waals surface area contributed by atoms with E-state index >= 15 is 0 Å². The van der Waals surface area contributed by atoms with Gasteiger partial charge in [-0.2, -0.15) is 0 Å². The number of benzene rings is 2. The molecule has 1 amide bonds. The molecule has 25 heavy (non-hydrogen) atoms. The normalized spacial score (nSPS) is 22.6. The number of hydrogen-bond acceptors (Lipinski definition) is 3. The highest BCUT2D eigenvalue weighted by atomic mass is 79.9. The van der Waals surface area contributed by atoms with E-state index in [1.165, 1.54) is 6.07 Å². The topological polar surface area (TPSA) is 41.6 Å². The summed E-state index contributed by atoms with van der Waals surface area (Å²) in [6.45, 7) is 1.16. The Morgan fingerprint density at radius 3 is 2.92 bits per heavy atom. The maximum atomic E-state index is 14.5. The second-order valence-electron chi connectivity index (χ2n) is 6.35. The first-order valence-corrected chi connectivity index (χ1v) is 9.16. The number of anilines is 1. The van der Waals surface area contributed by atoms with Crippen LogP contribution >= 0.6 is 15.9 Å². The van der Waals surface area contributed by atoms with Gasteiger partial charge in [-0.15, -0.1) is 0 Å². The van der Waals surface area contributed by atoms with Crippen molar-refractivity contribution >= 4 is 27.5 Å². The summed E-state index contributed by atoms with van der Waals surface area (Å²) in [4.78, 5) is 14.8. The zero-order valence-electron chi connectivity index (χ0n) is 13.5. The number of halogens is 2. The van der Waals surface area contributed by atoms with Crippen molar-refractivity contribution in [2.75, 3.05) is 18.5 Å². The van der Waals surface area contributed by atoms with Crippen LogP contribution in [-0.2, 0) is 4.74 Å². The molecule has 2 aromatic rings. The number of ether oxygens (including phenoxy) is 1. The molecule has 2 aromatic carbocycles. The Morgan fingerprint density at radius 2 is 2.12 bits per heavy atom. The first-order chi connectivity index (χ1) is 12.1. The predicted molar refractivity (Wildman–Crippen MR) is 96.9 cm³/mol. The highest BCUT2D eigenvalue weighted by Gasteiger charge is 2.36. The van der Waals surface area contributed by atoms with Gasteiger partial charge in [0.05, 0.1) is 11.7 Å². The second-order valence-corrected chi connectivity index (χ2v) is 7.27. The molecule has 0 saturated carbocycles. The molecule has 1 saturated heterocycles. The van der Waals surface area contributed by atoms with E-state index in [1.807, 2.05) is 18.2 Å². The molecule has 1 N–H and O–H groups in total. The lowest BCUT2D eigenvalue weighted by molar-refractivity contribution is 0.0423. The molecule has 1 fully saturated rings. The minimum atomic E-state index is -0.566. The number of fused-ring (bicyclic) bond motifs is 1. The van der Waals surface area contributed by atoms with Gasteiger partial charge in [0.2, 0.25) is 0 Å². The zero-order chi connectivity index (χ0) is 17.4. The molecule has 130 valence electrons. The number of hydrogen-bond donors (Lipinski definition) is 1. The Bertz CT molecular complexity index is 808. The van der Waals surface area contributed by atoms with Crippen LogP contribution in [0.25, 0.3) is 0 Å². The van der Waals surface area contributed by atoms with E-state index in [0.29, 0.717) is 24.3 Å². The molecule has 4 rings (SSSR count). The van der Waals surface area contributed by atoms with Crippen molar-refractivity contribution in [3.8, 4) is 0 Å². The predicted octanol–water partition coefficient (Wildman–Crippen LogP) is 4.33. The van der Waals surface area contributed by atoms with E-state index in [-0.39, 0.29) is 17.8 Å². The van der Waals surface area contributed by atoms with E-state index in [1.54, 1.807) is 23.1 Å². The first-order valence-electron chi connectivity index (χ1n) is 8.36.